The third-order valence-electron chi connectivity index (χ3n) is 0.231. The third kappa shape index (κ3) is 2.97. The Kier molecular flexibility index (Phi) is 1.62. The van der Waals surface area contributed by atoms with Crippen LogP contribution in [0.3, 0.4) is 0 Å². The van der Waals surface area contributed by atoms with Crippen LogP contribution < -0.4 is 0 Å². The molecule has 42 valence electrons. The molecule has 0 amide bonds. The molecule has 0 aliphatic rings. The number of aliphatic carboxylic acids is 1. The van der Waals surface area contributed by atoms with Crippen molar-refractivity contribution in [3.63, 3.8) is 0 Å². The molecule has 0 rings (SSSR count). The van der Waals surface area contributed by atoms with Gasteiger partial charge in [0.05, 0.1) is 0 Å². The van der Waals surface area contributed by atoms with Gasteiger partial charge in [0, 0.05) is 0 Å². The summed E-state index contributed by atoms with van der Waals surface area (Å²) >= 11 is 14.8. The number of carboxylic acid groups (broad SMARTS) is 1. The average Bonchev–Trinajstić information content (AvgIpc) is 1.62. The second-order valence-corrected chi connectivity index (χ2v) is 3.07. The summed E-state index contributed by atoms with van der Waals surface area (Å²) in [4.78, 5) is 10.0. The predicted octanol–water partition coefficient (Wildman–Crippen LogP) is 1.44. The minimum Gasteiger partial charge on any atom is -0.478 e. The van der Waals surface area contributed by atoms with E-state index in [1.165, 1.54) is 0 Å². The highest BCUT2D eigenvalue weighted by Gasteiger charge is 2.29. The van der Waals surface area contributed by atoms with Gasteiger partial charge in [0.1, 0.15) is 0 Å². The molecule has 0 radical (unpaired) electrons. The molecule has 0 aromatic rings. The Morgan fingerprint density at radius 1 is 1.71 bits per heavy atom. The van der Waals surface area contributed by atoms with Crippen LogP contribution in [0.15, 0.2) is 0 Å². The Morgan fingerprint density at radius 2 is 2.14 bits per heavy atom. The van der Waals surface area contributed by atoms with Gasteiger partial charge in [-0.2, -0.15) is 0 Å². The summed E-state index contributed by atoms with van der Waals surface area (Å²) in [5, 5.41) is 3.33. The Hall–Kier alpha value is 0.340. The van der Waals surface area contributed by atoms with Crippen molar-refractivity contribution in [3.8, 4) is 0 Å². The largest absolute Gasteiger partial charge is 0.478 e. The molecule has 0 fully saturated rings. The lowest BCUT2D eigenvalue weighted by Gasteiger charge is -1.99. The number of alkyl halides is 3. The normalized spacial score (nSPS) is 12.7. The number of hydrogen-bond donors (Lipinski definition) is 1. The lowest BCUT2D eigenvalue weighted by Crippen LogP contribution is -2.16. The van der Waals surface area contributed by atoms with Crippen LogP contribution in [-0.4, -0.2) is 14.9 Å². The molecule has 0 atom stereocenters. The Bertz CT molecular complexity index is 97.9. The van der Waals surface area contributed by atoms with Crippen molar-refractivity contribution in [1.29, 1.82) is 1.43 Å². The van der Waals surface area contributed by atoms with Crippen LogP contribution in [0.5, 0.6) is 0 Å². The van der Waals surface area contributed by atoms with Crippen molar-refractivity contribution in [1.82, 2.24) is 0 Å². The Labute approximate surface area is 56.5 Å². The van der Waals surface area contributed by atoms with E-state index in [4.69, 9.17) is 36.2 Å². The van der Waals surface area contributed by atoms with Gasteiger partial charge in [0.25, 0.3) is 5.22 Å². The van der Waals surface area contributed by atoms with Crippen LogP contribution in [-0.2, 0) is 4.79 Å². The fourth-order valence-corrected chi connectivity index (χ4v) is 0. The van der Waals surface area contributed by atoms with E-state index in [1.807, 2.05) is 0 Å². The molecule has 0 unspecified atom stereocenters. The van der Waals surface area contributed by atoms with Gasteiger partial charge in [-0.05, 0) is 0 Å². The van der Waals surface area contributed by atoms with Crippen LogP contribution in [0.4, 0.5) is 0 Å². The van der Waals surface area contributed by atoms with E-state index >= 15 is 0 Å². The molecule has 0 heterocycles. The van der Waals surface area contributed by atoms with E-state index in [-0.39, 0.29) is 0 Å². The second-order valence-electron chi connectivity index (χ2n) is 0.785. The molecule has 7 heavy (non-hydrogen) atoms. The Balaban J connectivity index is 3.82. The first-order valence-corrected chi connectivity index (χ1v) is 2.36. The van der Waals surface area contributed by atoms with Crippen LogP contribution in [0.2, 0.25) is 0 Å². The number of hydrogen-bond acceptors (Lipinski definition) is 2. The van der Waals surface area contributed by atoms with Crippen molar-refractivity contribution in [2.45, 2.75) is 3.79 Å². The maximum absolute atomic E-state index is 10.0. The first-order chi connectivity index (χ1) is 3.48. The molecule has 0 aliphatic heterocycles. The molecule has 1 N–H and O–H groups in total. The van der Waals surface area contributed by atoms with E-state index in [0.717, 1.165) is 0 Å². The first-order valence-electron chi connectivity index (χ1n) is 1.63. The molecule has 0 saturated heterocycles. The predicted molar refractivity (Wildman–Crippen MR) is 27.9 cm³/mol. The zero-order valence-corrected chi connectivity index (χ0v) is 5.22. The molecule has 0 spiro atoms. The minimum absolute atomic E-state index is 1.21. The number of carbonyl (C=O) groups is 1. The third-order valence-corrected chi connectivity index (χ3v) is 0.694. The fraction of sp³-hybridized carbons (Fsp3) is 0.500. The van der Waals surface area contributed by atoms with Gasteiger partial charge in [-0.25, -0.2) is 4.79 Å². The van der Waals surface area contributed by atoms with Crippen LogP contribution in [0.25, 0.3) is 1.43 Å². The van der Waals surface area contributed by atoms with Crippen LogP contribution in [0, 0.1) is 0 Å². The van der Waals surface area contributed by atoms with E-state index in [0.29, 0.717) is 0 Å². The lowest BCUT2D eigenvalue weighted by molar-refractivity contribution is -0.135. The fourth-order valence-electron chi connectivity index (χ4n) is 0. The van der Waals surface area contributed by atoms with E-state index in [2.05, 4.69) is 5.11 Å². The monoisotopic (exact) mass is 163 g/mol. The highest BCUT2D eigenvalue weighted by Crippen LogP contribution is 2.25. The van der Waals surface area contributed by atoms with Gasteiger partial charge in [0.2, 0.25) is 0 Å². The molecule has 0 aromatic heterocycles. The molecular weight excluding hydrogens is 162 g/mol. The van der Waals surface area contributed by atoms with E-state index < -0.39 is 9.76 Å². The van der Waals surface area contributed by atoms with Gasteiger partial charge >= 0.3 is 5.97 Å². The topological polar surface area (TPSA) is 37.3 Å². The second kappa shape index (κ2) is 2.07. The average molecular weight is 164 g/mol. The quantitative estimate of drug-likeness (QED) is 0.550. The standard InChI is InChI=1S/C2HCl3O2/c3-2(4,5)1(6)7/h(H,6,7)/i/hD. The van der Waals surface area contributed by atoms with Gasteiger partial charge in [-0.1, -0.05) is 34.8 Å². The van der Waals surface area contributed by atoms with Gasteiger partial charge in [0.15, 0.2) is 0 Å². The number of carboxylic acids is 1. The lowest BCUT2D eigenvalue weighted by atomic mass is 10.8. The molecule has 2 nitrogen and oxygen atoms in total. The molecular formula is C2HCl3O2. The van der Waals surface area contributed by atoms with Crippen LogP contribution >= 0.6 is 34.8 Å². The molecule has 0 aliphatic carbocycles. The molecule has 0 saturated carbocycles. The summed E-state index contributed by atoms with van der Waals surface area (Å²) in [5.74, 6) is -1.21. The summed E-state index contributed by atoms with van der Waals surface area (Å²) in [5.41, 5.74) is 0. The number of halogens is 3. The van der Waals surface area contributed by atoms with Crippen molar-refractivity contribution in [3.05, 3.63) is 0 Å². The van der Waals surface area contributed by atoms with Crippen LogP contribution in [0.1, 0.15) is 0 Å². The molecule has 0 aromatic carbocycles. The van der Waals surface area contributed by atoms with Crippen molar-refractivity contribution in [2.24, 2.45) is 0 Å². The first kappa shape index (κ1) is 5.48. The van der Waals surface area contributed by atoms with Gasteiger partial charge in [-0.3, -0.25) is 0 Å². The minimum atomic E-state index is -2.12. The number of rotatable bonds is 0. The van der Waals surface area contributed by atoms with Gasteiger partial charge < -0.3 is 5.11 Å². The van der Waals surface area contributed by atoms with E-state index in [1.54, 1.807) is 0 Å². The van der Waals surface area contributed by atoms with Crippen molar-refractivity contribution < 1.29 is 9.90 Å². The summed E-state index contributed by atoms with van der Waals surface area (Å²) in [6.07, 6.45) is 0. The van der Waals surface area contributed by atoms with E-state index in [9.17, 15) is 4.79 Å². The smallest absolute Gasteiger partial charge is 0.356 e. The van der Waals surface area contributed by atoms with Gasteiger partial charge in [-0.15, -0.1) is 0 Å². The van der Waals surface area contributed by atoms with Crippen molar-refractivity contribution in [2.75, 3.05) is 0 Å². The highest BCUT2D eigenvalue weighted by molar-refractivity contribution is 6.75. The summed E-state index contributed by atoms with van der Waals surface area (Å²) < 4.78 is 3.84. The zero-order valence-electron chi connectivity index (χ0n) is 3.95. The maximum atomic E-state index is 10.0. The summed E-state index contributed by atoms with van der Waals surface area (Å²) in [6, 6.07) is 0. The summed E-state index contributed by atoms with van der Waals surface area (Å²) in [6.45, 7) is 0. The molecule has 5 heteroatoms. The zero-order chi connectivity index (χ0) is 6.78. The molecule has 0 bridgehead atoms. The van der Waals surface area contributed by atoms with Crippen molar-refractivity contribution >= 4 is 40.8 Å². The maximum Gasteiger partial charge on any atom is 0.356 e. The Morgan fingerprint density at radius 3 is 2.14 bits per heavy atom. The summed E-state index contributed by atoms with van der Waals surface area (Å²) in [7, 11) is 0. The highest BCUT2D eigenvalue weighted by atomic mass is 35.6. The SMILES string of the molecule is [2H]OC(=O)C(Cl)(Cl)Cl.